The molecule has 2 aliphatic heterocycles. The molecule has 0 radical (unpaired) electrons. The van der Waals surface area contributed by atoms with Gasteiger partial charge in [0.15, 0.2) is 0 Å². The summed E-state index contributed by atoms with van der Waals surface area (Å²) in [6.07, 6.45) is 2.50. The molecule has 0 saturated carbocycles. The van der Waals surface area contributed by atoms with E-state index >= 15 is 0 Å². The molecule has 2 atom stereocenters. The van der Waals surface area contributed by atoms with E-state index in [1.54, 1.807) is 66.7 Å². The maximum absolute atomic E-state index is 14.0. The minimum Gasteiger partial charge on any atom is -0.506 e. The summed E-state index contributed by atoms with van der Waals surface area (Å²) in [6.45, 7) is 5.00. The van der Waals surface area contributed by atoms with E-state index in [2.05, 4.69) is 39.5 Å². The zero-order valence-electron chi connectivity index (χ0n) is 34.7. The third-order valence-corrected chi connectivity index (χ3v) is 12.4. The summed E-state index contributed by atoms with van der Waals surface area (Å²) in [6, 6.07) is 37.7. The fourth-order valence-corrected chi connectivity index (χ4v) is 8.74. The van der Waals surface area contributed by atoms with Crippen molar-refractivity contribution < 1.29 is 29.6 Å². The first kappa shape index (κ1) is 42.5. The number of carbonyl (C=O) groups is 2. The van der Waals surface area contributed by atoms with E-state index in [1.807, 2.05) is 29.2 Å². The Morgan fingerprint density at radius 2 is 1.50 bits per heavy atom. The van der Waals surface area contributed by atoms with Crippen molar-refractivity contribution in [2.75, 3.05) is 45.9 Å². The number of phenolic OH excluding ortho intramolecular Hbond substituents is 1. The number of hydrogen-bond acceptors (Lipinski definition) is 10. The number of aromatic hydroxyl groups is 1. The van der Waals surface area contributed by atoms with Gasteiger partial charge in [-0.1, -0.05) is 91.0 Å². The van der Waals surface area contributed by atoms with Gasteiger partial charge in [0.25, 0.3) is 5.91 Å². The van der Waals surface area contributed by atoms with Crippen molar-refractivity contribution in [3.05, 3.63) is 166 Å². The molecule has 2 aromatic heterocycles. The van der Waals surface area contributed by atoms with Crippen LogP contribution in [0.3, 0.4) is 0 Å². The quantitative estimate of drug-likeness (QED) is 0.0802. The molecule has 8 rings (SSSR count). The number of carbonyl (C=O) groups excluding carboxylic acids is 2. The number of rotatable bonds is 14. The predicted molar refractivity (Wildman–Crippen MR) is 237 cm³/mol. The third-order valence-electron chi connectivity index (χ3n) is 12.4. The van der Waals surface area contributed by atoms with Crippen LogP contribution < -0.4 is 10.9 Å². The second-order valence-electron chi connectivity index (χ2n) is 16.6. The molecule has 6 aromatic rings. The molecule has 62 heavy (non-hydrogen) atoms. The van der Waals surface area contributed by atoms with Gasteiger partial charge in [-0.05, 0) is 104 Å². The molecule has 4 heterocycles. The minimum absolute atomic E-state index is 0.0538. The maximum atomic E-state index is 14.0. The molecule has 12 heteroatoms. The van der Waals surface area contributed by atoms with Crippen LogP contribution in [0.2, 0.25) is 0 Å². The number of aliphatic hydroxyl groups excluding tert-OH is 1. The largest absolute Gasteiger partial charge is 0.506 e. The summed E-state index contributed by atoms with van der Waals surface area (Å²) in [4.78, 5) is 51.2. The second-order valence-corrected chi connectivity index (χ2v) is 16.6. The highest BCUT2D eigenvalue weighted by atomic mass is 16.5. The summed E-state index contributed by atoms with van der Waals surface area (Å²) in [7, 11) is 0. The first-order chi connectivity index (χ1) is 30.2. The first-order valence-electron chi connectivity index (χ1n) is 21.5. The number of aliphatic hydroxyl groups is 2. The fourth-order valence-electron chi connectivity index (χ4n) is 8.74. The third kappa shape index (κ3) is 9.64. The number of piperidine rings is 2. The Hall–Kier alpha value is -6.18. The number of aromatic nitrogens is 2. The van der Waals surface area contributed by atoms with Crippen LogP contribution in [0.5, 0.6) is 5.75 Å². The van der Waals surface area contributed by atoms with Crippen LogP contribution in [0.15, 0.2) is 132 Å². The van der Waals surface area contributed by atoms with Crippen molar-refractivity contribution in [1.82, 2.24) is 25.1 Å². The van der Waals surface area contributed by atoms with Crippen molar-refractivity contribution in [2.24, 2.45) is 11.8 Å². The van der Waals surface area contributed by atoms with E-state index < -0.39 is 17.7 Å². The Morgan fingerprint density at radius 1 is 0.806 bits per heavy atom. The summed E-state index contributed by atoms with van der Waals surface area (Å²) < 4.78 is 5.95. The van der Waals surface area contributed by atoms with E-state index in [1.165, 1.54) is 17.7 Å². The van der Waals surface area contributed by atoms with Crippen LogP contribution in [-0.4, -0.2) is 92.8 Å². The zero-order valence-corrected chi connectivity index (χ0v) is 34.7. The number of benzene rings is 4. The van der Waals surface area contributed by atoms with Gasteiger partial charge >= 0.3 is 5.97 Å². The number of esters is 1. The number of pyridine rings is 2. The van der Waals surface area contributed by atoms with Crippen LogP contribution in [-0.2, 0) is 21.7 Å². The van der Waals surface area contributed by atoms with Crippen molar-refractivity contribution in [3.63, 3.8) is 0 Å². The van der Waals surface area contributed by atoms with Gasteiger partial charge in [-0.15, -0.1) is 0 Å². The van der Waals surface area contributed by atoms with E-state index in [4.69, 9.17) is 9.72 Å². The molecule has 0 spiro atoms. The molecule has 0 aliphatic carbocycles. The Balaban J connectivity index is 0.875. The average Bonchev–Trinajstić information content (AvgIpc) is 3.32. The molecule has 5 N–H and O–H groups in total. The van der Waals surface area contributed by atoms with E-state index in [-0.39, 0.29) is 36.3 Å². The molecule has 2 saturated heterocycles. The first-order valence-corrected chi connectivity index (χ1v) is 21.5. The number of fused-ring (bicyclic) bond motifs is 1. The maximum Gasteiger partial charge on any atom is 0.347 e. The summed E-state index contributed by atoms with van der Waals surface area (Å²) >= 11 is 0. The average molecular weight is 836 g/mol. The van der Waals surface area contributed by atoms with Gasteiger partial charge in [-0.3, -0.25) is 14.5 Å². The van der Waals surface area contributed by atoms with Gasteiger partial charge in [0.05, 0.1) is 23.9 Å². The monoisotopic (exact) mass is 835 g/mol. The number of likely N-dealkylation sites (tertiary alicyclic amines) is 2. The Labute approximate surface area is 360 Å². The molecular formula is C50H53N5O7. The second kappa shape index (κ2) is 19.3. The van der Waals surface area contributed by atoms with E-state index in [0.717, 1.165) is 45.3 Å². The van der Waals surface area contributed by atoms with Crippen LogP contribution in [0.1, 0.15) is 64.5 Å². The zero-order chi connectivity index (χ0) is 43.1. The standard InChI is InChI=1S/C50H53N5O7/c56-44-19-17-40(41-18-20-46(58)53-47(41)44)45(57)31-51-30-34-23-27-55(28-24-34)48(59)43-16-8-15-42(52-43)37-11-7-14-39(29-37)50(61,38-12-5-2-6-13-38)49(60)62-33-36-21-25-54(26-22-36)32-35-9-3-1-4-10-35/h1-20,29,34,36,45,51,56-57,61H,21-28,30-33H2,(H,53,58)/t45-,50-/m0/s1. The molecule has 0 bridgehead atoms. The minimum atomic E-state index is -2.07. The normalized spacial score (nSPS) is 16.8. The van der Waals surface area contributed by atoms with Gasteiger partial charge in [-0.2, -0.15) is 0 Å². The number of nitrogens with one attached hydrogen (secondary N) is 2. The van der Waals surface area contributed by atoms with Gasteiger partial charge in [0, 0.05) is 48.8 Å². The number of aromatic amines is 1. The summed E-state index contributed by atoms with van der Waals surface area (Å²) in [5.41, 5.74) is 2.01. The molecule has 4 aromatic carbocycles. The van der Waals surface area contributed by atoms with Crippen molar-refractivity contribution in [1.29, 1.82) is 0 Å². The number of ether oxygens (including phenoxy) is 1. The molecule has 12 nitrogen and oxygen atoms in total. The Morgan fingerprint density at radius 3 is 2.26 bits per heavy atom. The smallest absolute Gasteiger partial charge is 0.347 e. The van der Waals surface area contributed by atoms with Gasteiger partial charge in [0.1, 0.15) is 11.4 Å². The van der Waals surface area contributed by atoms with E-state index in [0.29, 0.717) is 70.1 Å². The lowest BCUT2D eigenvalue weighted by atomic mass is 9.85. The number of nitrogens with zero attached hydrogens (tertiary/aromatic N) is 3. The SMILES string of the molecule is O=C(c1cccc(-c2cccc([C@](O)(C(=O)OCC3CCN(Cc4ccccc4)CC3)c3ccccc3)c2)n1)N1CCC(CNC[C@H](O)c2ccc(O)c3[nH]c(=O)ccc23)CC1. The summed E-state index contributed by atoms with van der Waals surface area (Å²) in [5.74, 6) is -0.463. The van der Waals surface area contributed by atoms with Crippen LogP contribution in [0.4, 0.5) is 0 Å². The number of H-pyrrole nitrogens is 1. The van der Waals surface area contributed by atoms with Crippen molar-refractivity contribution in [2.45, 2.75) is 43.9 Å². The highest BCUT2D eigenvalue weighted by Crippen LogP contribution is 2.35. The topological polar surface area (TPSA) is 168 Å². The van der Waals surface area contributed by atoms with Crippen LogP contribution >= 0.6 is 0 Å². The number of amides is 1. The highest BCUT2D eigenvalue weighted by Gasteiger charge is 2.42. The predicted octanol–water partition coefficient (Wildman–Crippen LogP) is 6.16. The highest BCUT2D eigenvalue weighted by molar-refractivity contribution is 5.93. The number of phenols is 1. The lowest BCUT2D eigenvalue weighted by Crippen LogP contribution is -2.41. The van der Waals surface area contributed by atoms with Gasteiger partial charge < -0.3 is 35.3 Å². The van der Waals surface area contributed by atoms with Gasteiger partial charge in [0.2, 0.25) is 11.2 Å². The summed E-state index contributed by atoms with van der Waals surface area (Å²) in [5, 5.41) is 37.5. The molecule has 320 valence electrons. The van der Waals surface area contributed by atoms with Gasteiger partial charge in [-0.25, -0.2) is 9.78 Å². The number of hydrogen-bond donors (Lipinski definition) is 5. The van der Waals surface area contributed by atoms with Crippen LogP contribution in [0, 0.1) is 11.8 Å². The molecule has 2 aliphatic rings. The lowest BCUT2D eigenvalue weighted by molar-refractivity contribution is -0.164. The van der Waals surface area contributed by atoms with Crippen molar-refractivity contribution >= 4 is 22.8 Å². The molecular weight excluding hydrogens is 783 g/mol. The van der Waals surface area contributed by atoms with Crippen LogP contribution in [0.25, 0.3) is 22.2 Å². The Kier molecular flexibility index (Phi) is 13.2. The van der Waals surface area contributed by atoms with E-state index in [9.17, 15) is 29.7 Å². The molecule has 0 unspecified atom stereocenters. The lowest BCUT2D eigenvalue weighted by Gasteiger charge is -2.33. The Bertz CT molecular complexity index is 2540. The fraction of sp³-hybridized carbons (Fsp3) is 0.320. The van der Waals surface area contributed by atoms with Crippen molar-refractivity contribution in [3.8, 4) is 17.0 Å². The molecule has 2 fully saturated rings. The molecule has 1 amide bonds.